The quantitative estimate of drug-likeness (QED) is 0.599. The van der Waals surface area contributed by atoms with Crippen LogP contribution in [0.4, 0.5) is 0 Å². The van der Waals surface area contributed by atoms with Gasteiger partial charge in [-0.25, -0.2) is 0 Å². The summed E-state index contributed by atoms with van der Waals surface area (Å²) < 4.78 is 0. The van der Waals surface area contributed by atoms with E-state index in [0.29, 0.717) is 11.7 Å². The fourth-order valence-corrected chi connectivity index (χ4v) is 1.90. The summed E-state index contributed by atoms with van der Waals surface area (Å²) in [5, 5.41) is 9.50. The van der Waals surface area contributed by atoms with Gasteiger partial charge in [-0.2, -0.15) is 0 Å². The van der Waals surface area contributed by atoms with Crippen molar-refractivity contribution in [1.82, 2.24) is 0 Å². The maximum absolute atomic E-state index is 9.50. The van der Waals surface area contributed by atoms with Crippen LogP contribution in [-0.4, -0.2) is 5.11 Å². The number of benzene rings is 1. The number of rotatable bonds is 0. The first-order valence-corrected chi connectivity index (χ1v) is 4.10. The minimum absolute atomic E-state index is 0.479. The van der Waals surface area contributed by atoms with E-state index in [4.69, 9.17) is 0 Å². The lowest BCUT2D eigenvalue weighted by atomic mass is 10.0. The highest BCUT2D eigenvalue weighted by Crippen LogP contribution is 2.37. The van der Waals surface area contributed by atoms with Crippen LogP contribution in [0.3, 0.4) is 0 Å². The van der Waals surface area contributed by atoms with Crippen molar-refractivity contribution >= 4 is 0 Å². The molecule has 0 aliphatic heterocycles. The summed E-state index contributed by atoms with van der Waals surface area (Å²) in [5.41, 5.74) is 2.50. The molecule has 0 heterocycles. The molecule has 0 spiro atoms. The van der Waals surface area contributed by atoms with Crippen molar-refractivity contribution in [3.8, 4) is 5.75 Å². The number of fused-ring (bicyclic) bond motifs is 1. The summed E-state index contributed by atoms with van der Waals surface area (Å²) in [7, 11) is 0. The molecule has 58 valence electrons. The van der Waals surface area contributed by atoms with E-state index >= 15 is 0 Å². The molecular weight excluding hydrogens is 136 g/mol. The number of aryl methyl sites for hydroxylation is 1. The van der Waals surface area contributed by atoms with Crippen molar-refractivity contribution in [1.29, 1.82) is 0 Å². The van der Waals surface area contributed by atoms with Crippen molar-refractivity contribution in [3.05, 3.63) is 29.3 Å². The molecule has 0 radical (unpaired) electrons. The van der Waals surface area contributed by atoms with Gasteiger partial charge in [0.1, 0.15) is 5.75 Å². The van der Waals surface area contributed by atoms with Gasteiger partial charge in [0.25, 0.3) is 0 Å². The molecule has 0 aromatic heterocycles. The van der Waals surface area contributed by atoms with Gasteiger partial charge in [-0.3, -0.25) is 0 Å². The summed E-state index contributed by atoms with van der Waals surface area (Å²) in [4.78, 5) is 0. The molecule has 1 aliphatic rings. The third-order valence-electron chi connectivity index (χ3n) is 2.51. The number of hydrogen-bond donors (Lipinski definition) is 1. The highest BCUT2D eigenvalue weighted by Gasteiger charge is 2.20. The smallest absolute Gasteiger partial charge is 0.119 e. The molecule has 1 N–H and O–H groups in total. The Bertz CT molecular complexity index is 278. The molecule has 2 rings (SSSR count). The van der Waals surface area contributed by atoms with Gasteiger partial charge in [-0.1, -0.05) is 19.1 Å². The molecule has 0 bridgehead atoms. The fraction of sp³-hybridized carbons (Fsp3) is 0.400. The largest absolute Gasteiger partial charge is 0.508 e. The molecule has 0 fully saturated rings. The Kier molecular flexibility index (Phi) is 1.38. The third kappa shape index (κ3) is 0.917. The SMILES string of the molecule is CC1CCc2cccc(O)c21. The van der Waals surface area contributed by atoms with Crippen LogP contribution in [0.1, 0.15) is 30.4 Å². The standard InChI is InChI=1S/C10H12O/c1-7-5-6-8-3-2-4-9(11)10(7)8/h2-4,7,11H,5-6H2,1H3. The van der Waals surface area contributed by atoms with E-state index in [1.807, 2.05) is 6.07 Å². The second-order valence-corrected chi connectivity index (χ2v) is 3.29. The molecule has 1 aliphatic carbocycles. The first-order chi connectivity index (χ1) is 5.29. The van der Waals surface area contributed by atoms with Crippen LogP contribution in [0.5, 0.6) is 5.75 Å². The van der Waals surface area contributed by atoms with Crippen LogP contribution in [0.2, 0.25) is 0 Å². The van der Waals surface area contributed by atoms with Crippen LogP contribution in [0.15, 0.2) is 18.2 Å². The lowest BCUT2D eigenvalue weighted by Gasteiger charge is -2.05. The van der Waals surface area contributed by atoms with Gasteiger partial charge in [-0.15, -0.1) is 0 Å². The molecule has 1 aromatic rings. The van der Waals surface area contributed by atoms with Gasteiger partial charge < -0.3 is 5.11 Å². The van der Waals surface area contributed by atoms with Gasteiger partial charge in [0.2, 0.25) is 0 Å². The molecular formula is C10H12O. The van der Waals surface area contributed by atoms with Crippen LogP contribution in [0, 0.1) is 0 Å². The van der Waals surface area contributed by atoms with Crippen molar-refractivity contribution in [2.24, 2.45) is 0 Å². The Morgan fingerprint density at radius 1 is 1.45 bits per heavy atom. The minimum Gasteiger partial charge on any atom is -0.508 e. The van der Waals surface area contributed by atoms with E-state index in [-0.39, 0.29) is 0 Å². The molecule has 1 aromatic carbocycles. The van der Waals surface area contributed by atoms with Crippen molar-refractivity contribution < 1.29 is 5.11 Å². The second-order valence-electron chi connectivity index (χ2n) is 3.29. The van der Waals surface area contributed by atoms with E-state index in [1.165, 1.54) is 17.5 Å². The van der Waals surface area contributed by atoms with E-state index in [9.17, 15) is 5.11 Å². The Balaban J connectivity index is 2.58. The number of phenols is 1. The zero-order valence-corrected chi connectivity index (χ0v) is 6.67. The maximum Gasteiger partial charge on any atom is 0.119 e. The summed E-state index contributed by atoms with van der Waals surface area (Å²) >= 11 is 0. The summed E-state index contributed by atoms with van der Waals surface area (Å²) in [6.45, 7) is 2.17. The van der Waals surface area contributed by atoms with Gasteiger partial charge in [-0.05, 0) is 36.0 Å². The topological polar surface area (TPSA) is 20.2 Å². The predicted molar refractivity (Wildman–Crippen MR) is 44.8 cm³/mol. The summed E-state index contributed by atoms with van der Waals surface area (Å²) in [6.07, 6.45) is 2.32. The highest BCUT2D eigenvalue weighted by atomic mass is 16.3. The third-order valence-corrected chi connectivity index (χ3v) is 2.51. The van der Waals surface area contributed by atoms with Crippen molar-refractivity contribution in [3.63, 3.8) is 0 Å². The number of aromatic hydroxyl groups is 1. The Morgan fingerprint density at radius 2 is 2.27 bits per heavy atom. The van der Waals surface area contributed by atoms with Gasteiger partial charge in [0, 0.05) is 0 Å². The van der Waals surface area contributed by atoms with Crippen LogP contribution < -0.4 is 0 Å². The van der Waals surface area contributed by atoms with Gasteiger partial charge in [0.05, 0.1) is 0 Å². The molecule has 1 heteroatoms. The summed E-state index contributed by atoms with van der Waals surface area (Å²) in [6, 6.07) is 5.81. The molecule has 0 amide bonds. The van der Waals surface area contributed by atoms with Crippen LogP contribution in [-0.2, 0) is 6.42 Å². The first-order valence-electron chi connectivity index (χ1n) is 4.10. The highest BCUT2D eigenvalue weighted by molar-refractivity contribution is 5.44. The molecule has 1 unspecified atom stereocenters. The predicted octanol–water partition coefficient (Wildman–Crippen LogP) is 2.44. The van der Waals surface area contributed by atoms with Gasteiger partial charge >= 0.3 is 0 Å². The maximum atomic E-state index is 9.50. The van der Waals surface area contributed by atoms with E-state index in [2.05, 4.69) is 13.0 Å². The molecule has 0 saturated carbocycles. The normalized spacial score (nSPS) is 21.7. The zero-order chi connectivity index (χ0) is 7.84. The molecule has 1 nitrogen and oxygen atoms in total. The fourth-order valence-electron chi connectivity index (χ4n) is 1.90. The second kappa shape index (κ2) is 2.26. The average Bonchev–Trinajstić information content (AvgIpc) is 2.34. The molecule has 11 heavy (non-hydrogen) atoms. The van der Waals surface area contributed by atoms with Crippen molar-refractivity contribution in [2.75, 3.05) is 0 Å². The van der Waals surface area contributed by atoms with Crippen LogP contribution in [0.25, 0.3) is 0 Å². The van der Waals surface area contributed by atoms with E-state index in [1.54, 1.807) is 6.07 Å². The van der Waals surface area contributed by atoms with E-state index < -0.39 is 0 Å². The Hall–Kier alpha value is -0.980. The summed E-state index contributed by atoms with van der Waals surface area (Å²) in [5.74, 6) is 1.03. The Labute approximate surface area is 66.7 Å². The van der Waals surface area contributed by atoms with E-state index in [0.717, 1.165) is 6.42 Å². The first kappa shape index (κ1) is 6.71. The minimum atomic E-state index is 0.479. The monoisotopic (exact) mass is 148 g/mol. The number of phenolic OH excluding ortho intramolecular Hbond substituents is 1. The number of hydrogen-bond acceptors (Lipinski definition) is 1. The van der Waals surface area contributed by atoms with Gasteiger partial charge in [0.15, 0.2) is 0 Å². The van der Waals surface area contributed by atoms with Crippen LogP contribution >= 0.6 is 0 Å². The molecule has 0 saturated heterocycles. The average molecular weight is 148 g/mol. The lowest BCUT2D eigenvalue weighted by molar-refractivity contribution is 0.465. The van der Waals surface area contributed by atoms with Crippen molar-refractivity contribution in [2.45, 2.75) is 25.7 Å². The zero-order valence-electron chi connectivity index (χ0n) is 6.67. The molecule has 1 atom stereocenters. The lowest BCUT2D eigenvalue weighted by Crippen LogP contribution is -1.86. The Morgan fingerprint density at radius 3 is 3.00 bits per heavy atom.